The van der Waals surface area contributed by atoms with Gasteiger partial charge in [0.1, 0.15) is 0 Å². The van der Waals surface area contributed by atoms with Gasteiger partial charge in [0, 0.05) is 26.4 Å². The van der Waals surface area contributed by atoms with Gasteiger partial charge in [-0.05, 0) is 55.3 Å². The van der Waals surface area contributed by atoms with Crippen LogP contribution in [0.3, 0.4) is 0 Å². The molecule has 0 radical (unpaired) electrons. The zero-order chi connectivity index (χ0) is 15.0. The van der Waals surface area contributed by atoms with E-state index in [1.54, 1.807) is 0 Å². The summed E-state index contributed by atoms with van der Waals surface area (Å²) in [6.45, 7) is 15.5. The highest BCUT2D eigenvalue weighted by Gasteiger charge is 2.30. The van der Waals surface area contributed by atoms with Crippen molar-refractivity contribution in [2.45, 2.75) is 66.7 Å². The van der Waals surface area contributed by atoms with Gasteiger partial charge in [-0.1, -0.05) is 34.6 Å². The summed E-state index contributed by atoms with van der Waals surface area (Å²) in [6, 6.07) is 0. The molecule has 0 aromatic rings. The maximum absolute atomic E-state index is 5.32. The maximum Gasteiger partial charge on any atom is 0.0471 e. The Kier molecular flexibility index (Phi) is 8.13. The van der Waals surface area contributed by atoms with Crippen molar-refractivity contribution < 1.29 is 9.47 Å². The first-order valence-electron chi connectivity index (χ1n) is 8.59. The van der Waals surface area contributed by atoms with Gasteiger partial charge in [0.15, 0.2) is 0 Å². The molecule has 2 aliphatic heterocycles. The molecule has 20 heavy (non-hydrogen) atoms. The Balaban J connectivity index is 0.000000200. The highest BCUT2D eigenvalue weighted by molar-refractivity contribution is 4.79. The van der Waals surface area contributed by atoms with Crippen molar-refractivity contribution >= 4 is 0 Å². The number of ether oxygens (including phenoxy) is 2. The van der Waals surface area contributed by atoms with E-state index < -0.39 is 0 Å². The summed E-state index contributed by atoms with van der Waals surface area (Å²) in [4.78, 5) is 0. The van der Waals surface area contributed by atoms with E-state index in [2.05, 4.69) is 34.6 Å². The first-order chi connectivity index (χ1) is 9.44. The summed E-state index contributed by atoms with van der Waals surface area (Å²) in [5.41, 5.74) is 0.554. The lowest BCUT2D eigenvalue weighted by molar-refractivity contribution is 0.000601. The topological polar surface area (TPSA) is 18.5 Å². The van der Waals surface area contributed by atoms with Crippen LogP contribution in [-0.4, -0.2) is 26.4 Å². The largest absolute Gasteiger partial charge is 0.381 e. The zero-order valence-corrected chi connectivity index (χ0v) is 14.4. The molecule has 2 saturated heterocycles. The Labute approximate surface area is 126 Å². The van der Waals surface area contributed by atoms with E-state index in [-0.39, 0.29) is 0 Å². The summed E-state index contributed by atoms with van der Waals surface area (Å²) < 4.78 is 10.6. The molecule has 0 aromatic heterocycles. The van der Waals surface area contributed by atoms with Crippen LogP contribution in [0.2, 0.25) is 0 Å². The third-order valence-corrected chi connectivity index (χ3v) is 5.17. The van der Waals surface area contributed by atoms with Crippen LogP contribution < -0.4 is 0 Å². The summed E-state index contributed by atoms with van der Waals surface area (Å²) in [5, 5.41) is 0. The van der Waals surface area contributed by atoms with Gasteiger partial charge in [-0.3, -0.25) is 0 Å². The summed E-state index contributed by atoms with van der Waals surface area (Å²) in [6.07, 6.45) is 6.45. The minimum absolute atomic E-state index is 0.554. The van der Waals surface area contributed by atoms with Gasteiger partial charge in [0.2, 0.25) is 0 Å². The fraction of sp³-hybridized carbons (Fsp3) is 1.00. The van der Waals surface area contributed by atoms with Gasteiger partial charge < -0.3 is 9.47 Å². The van der Waals surface area contributed by atoms with E-state index >= 15 is 0 Å². The molecule has 0 N–H and O–H groups in total. The molecule has 2 nitrogen and oxygen atoms in total. The predicted octanol–water partition coefficient (Wildman–Crippen LogP) is 4.92. The Bertz CT molecular complexity index is 236. The van der Waals surface area contributed by atoms with Crippen molar-refractivity contribution in [3.63, 3.8) is 0 Å². The molecule has 0 atom stereocenters. The Morgan fingerprint density at radius 1 is 0.900 bits per heavy atom. The molecule has 2 heterocycles. The van der Waals surface area contributed by atoms with Crippen LogP contribution in [0.25, 0.3) is 0 Å². The van der Waals surface area contributed by atoms with E-state index in [0.29, 0.717) is 5.41 Å². The summed E-state index contributed by atoms with van der Waals surface area (Å²) >= 11 is 0. The van der Waals surface area contributed by atoms with Gasteiger partial charge in [0.05, 0.1) is 0 Å². The van der Waals surface area contributed by atoms with Gasteiger partial charge in [-0.25, -0.2) is 0 Å². The molecule has 0 unspecified atom stereocenters. The fourth-order valence-electron chi connectivity index (χ4n) is 3.06. The van der Waals surface area contributed by atoms with Gasteiger partial charge in [0.25, 0.3) is 0 Å². The molecule has 2 heteroatoms. The normalized spacial score (nSPS) is 23.6. The molecule has 2 rings (SSSR count). The second-order valence-electron chi connectivity index (χ2n) is 7.61. The van der Waals surface area contributed by atoms with Crippen molar-refractivity contribution in [3.8, 4) is 0 Å². The molecule has 0 spiro atoms. The number of hydrogen-bond acceptors (Lipinski definition) is 2. The Hall–Kier alpha value is -0.0800. The lowest BCUT2D eigenvalue weighted by Crippen LogP contribution is -2.31. The Morgan fingerprint density at radius 3 is 1.80 bits per heavy atom. The third-order valence-electron chi connectivity index (χ3n) is 5.17. The standard InChI is InChI=1S/2C9H18O/c1-8(2)9(3)4-6-10-7-5-9;1-8(2)7-9-3-5-10-6-4-9/h8H,4-7H2,1-3H3;8-9H,3-7H2,1-2H3. The predicted molar refractivity (Wildman–Crippen MR) is 86.0 cm³/mol. The third kappa shape index (κ3) is 6.58. The number of hydrogen-bond donors (Lipinski definition) is 0. The molecule has 2 aliphatic rings. The average molecular weight is 284 g/mol. The first-order valence-corrected chi connectivity index (χ1v) is 8.59. The molecule has 2 fully saturated rings. The molecule has 0 aliphatic carbocycles. The van der Waals surface area contributed by atoms with Gasteiger partial charge in [-0.2, -0.15) is 0 Å². The number of rotatable bonds is 3. The van der Waals surface area contributed by atoms with Crippen molar-refractivity contribution in [3.05, 3.63) is 0 Å². The van der Waals surface area contributed by atoms with Crippen LogP contribution in [0.4, 0.5) is 0 Å². The highest BCUT2D eigenvalue weighted by atomic mass is 16.5. The monoisotopic (exact) mass is 284 g/mol. The van der Waals surface area contributed by atoms with Crippen molar-refractivity contribution in [2.75, 3.05) is 26.4 Å². The molecule has 0 saturated carbocycles. The SMILES string of the molecule is CC(C)C1(C)CCOCC1.CC(C)CC1CCOCC1. The van der Waals surface area contributed by atoms with Crippen LogP contribution in [0.5, 0.6) is 0 Å². The molecule has 0 bridgehead atoms. The van der Waals surface area contributed by atoms with E-state index in [4.69, 9.17) is 9.47 Å². The molecule has 0 aromatic carbocycles. The fourth-order valence-corrected chi connectivity index (χ4v) is 3.06. The molecular formula is C18H36O2. The molecule has 120 valence electrons. The van der Waals surface area contributed by atoms with Crippen molar-refractivity contribution in [1.29, 1.82) is 0 Å². The Morgan fingerprint density at radius 2 is 1.40 bits per heavy atom. The van der Waals surface area contributed by atoms with Crippen LogP contribution >= 0.6 is 0 Å². The lowest BCUT2D eigenvalue weighted by atomic mass is 9.73. The summed E-state index contributed by atoms with van der Waals surface area (Å²) in [5.74, 6) is 2.62. The second kappa shape index (κ2) is 9.04. The first kappa shape index (κ1) is 18.0. The zero-order valence-electron chi connectivity index (χ0n) is 14.4. The highest BCUT2D eigenvalue weighted by Crippen LogP contribution is 2.36. The van der Waals surface area contributed by atoms with E-state index in [9.17, 15) is 0 Å². The van der Waals surface area contributed by atoms with Crippen LogP contribution in [0.15, 0.2) is 0 Å². The van der Waals surface area contributed by atoms with Crippen molar-refractivity contribution in [1.82, 2.24) is 0 Å². The van der Waals surface area contributed by atoms with E-state index in [1.807, 2.05) is 0 Å². The van der Waals surface area contributed by atoms with Crippen LogP contribution in [0.1, 0.15) is 66.7 Å². The van der Waals surface area contributed by atoms with Crippen molar-refractivity contribution in [2.24, 2.45) is 23.2 Å². The van der Waals surface area contributed by atoms with E-state index in [1.165, 1.54) is 32.1 Å². The summed E-state index contributed by atoms with van der Waals surface area (Å²) in [7, 11) is 0. The van der Waals surface area contributed by atoms with Gasteiger partial charge >= 0.3 is 0 Å². The van der Waals surface area contributed by atoms with Crippen LogP contribution in [-0.2, 0) is 9.47 Å². The minimum Gasteiger partial charge on any atom is -0.381 e. The lowest BCUT2D eigenvalue weighted by Gasteiger charge is -2.37. The second-order valence-corrected chi connectivity index (χ2v) is 7.61. The van der Waals surface area contributed by atoms with E-state index in [0.717, 1.165) is 44.2 Å². The smallest absolute Gasteiger partial charge is 0.0471 e. The maximum atomic E-state index is 5.32. The van der Waals surface area contributed by atoms with Crippen LogP contribution in [0, 0.1) is 23.2 Å². The quantitative estimate of drug-likeness (QED) is 0.732. The molecular weight excluding hydrogens is 248 g/mol. The van der Waals surface area contributed by atoms with Gasteiger partial charge in [-0.15, -0.1) is 0 Å². The minimum atomic E-state index is 0.554. The molecule has 0 amide bonds. The average Bonchev–Trinajstić information content (AvgIpc) is 2.40.